The van der Waals surface area contributed by atoms with Gasteiger partial charge in [0.1, 0.15) is 30.6 Å². The van der Waals surface area contributed by atoms with Crippen LogP contribution in [0.4, 0.5) is 23.2 Å². The fourth-order valence-corrected chi connectivity index (χ4v) is 15.2. The summed E-state index contributed by atoms with van der Waals surface area (Å²) in [5.74, 6) is -5.97. The third-order valence-electron chi connectivity index (χ3n) is 14.5. The molecular formula is C49H86F4N3O11S3+. The van der Waals surface area contributed by atoms with Gasteiger partial charge in [0.05, 0.1) is 48.3 Å². The van der Waals surface area contributed by atoms with Crippen LogP contribution in [0.2, 0.25) is 0 Å². The quantitative estimate of drug-likeness (QED) is 0.0686. The molecule has 1 aromatic rings. The first-order chi connectivity index (χ1) is 32.5. The molecule has 4 saturated carbocycles. The minimum atomic E-state index is -3.97. The van der Waals surface area contributed by atoms with E-state index in [-0.39, 0.29) is 23.7 Å². The largest absolute Gasteiger partial charge is 0.768 e. The zero-order valence-corrected chi connectivity index (χ0v) is 46.3. The van der Waals surface area contributed by atoms with Crippen molar-refractivity contribution in [3.05, 3.63) is 30.3 Å². The molecule has 21 heteroatoms. The Morgan fingerprint density at radius 1 is 0.771 bits per heavy atom. The van der Waals surface area contributed by atoms with Gasteiger partial charge in [0.25, 0.3) is 20.2 Å². The molecule has 4 aliphatic carbocycles. The average molecular weight is 1070 g/mol. The maximum absolute atomic E-state index is 12.9. The topological polar surface area (TPSA) is 175 Å². The Balaban J connectivity index is 0.000000240. The molecule has 4 bridgehead atoms. The molecule has 7 rings (SSSR count). The molecule has 2 aliphatic heterocycles. The highest BCUT2D eigenvalue weighted by molar-refractivity contribution is 7.88. The highest BCUT2D eigenvalue weighted by Gasteiger charge is 2.66. The Morgan fingerprint density at radius 3 is 1.56 bits per heavy atom. The van der Waals surface area contributed by atoms with Crippen molar-refractivity contribution in [3.63, 3.8) is 0 Å². The Labute approximate surface area is 420 Å². The molecule has 6 fully saturated rings. The van der Waals surface area contributed by atoms with E-state index >= 15 is 0 Å². The van der Waals surface area contributed by atoms with Gasteiger partial charge in [-0.2, -0.15) is 34.4 Å². The summed E-state index contributed by atoms with van der Waals surface area (Å²) in [5.41, 5.74) is 1.46. The third kappa shape index (κ3) is 16.6. The summed E-state index contributed by atoms with van der Waals surface area (Å²) >= 11 is -3.56. The van der Waals surface area contributed by atoms with Gasteiger partial charge in [-0.05, 0) is 125 Å². The lowest BCUT2D eigenvalue weighted by Crippen LogP contribution is -3.17. The molecule has 2 N–H and O–H groups in total. The van der Waals surface area contributed by atoms with E-state index in [1.807, 2.05) is 0 Å². The summed E-state index contributed by atoms with van der Waals surface area (Å²) in [5, 5.41) is -5.08. The van der Waals surface area contributed by atoms with Gasteiger partial charge >= 0.3 is 17.1 Å². The van der Waals surface area contributed by atoms with Crippen LogP contribution in [0.15, 0.2) is 30.3 Å². The van der Waals surface area contributed by atoms with E-state index in [1.54, 1.807) is 9.80 Å². The van der Waals surface area contributed by atoms with Gasteiger partial charge in [-0.25, -0.2) is 4.79 Å². The fourth-order valence-electron chi connectivity index (χ4n) is 11.3. The molecule has 2 saturated heterocycles. The number of para-hydroxylation sites is 1. The normalized spacial score (nSPS) is 28.9. The van der Waals surface area contributed by atoms with E-state index in [0.29, 0.717) is 44.7 Å². The number of rotatable bonds is 19. The van der Waals surface area contributed by atoms with Gasteiger partial charge in [-0.1, -0.05) is 51.8 Å². The van der Waals surface area contributed by atoms with Crippen molar-refractivity contribution in [1.29, 1.82) is 0 Å². The monoisotopic (exact) mass is 1060 g/mol. The lowest BCUT2D eigenvalue weighted by molar-refractivity contribution is -0.940. The van der Waals surface area contributed by atoms with Crippen LogP contribution in [0.5, 0.6) is 0 Å². The number of hydrogen-bond acceptors (Lipinski definition) is 12. The lowest BCUT2D eigenvalue weighted by atomic mass is 9.94. The van der Waals surface area contributed by atoms with Gasteiger partial charge < -0.3 is 23.8 Å². The van der Waals surface area contributed by atoms with E-state index in [4.69, 9.17) is 17.8 Å². The number of alkyl halides is 4. The van der Waals surface area contributed by atoms with Gasteiger partial charge in [-0.3, -0.25) is 17.5 Å². The number of carbonyl (C=O) groups is 1. The number of hydrogen-bond donors (Lipinski definition) is 2. The molecule has 14 nitrogen and oxygen atoms in total. The number of benzene rings is 1. The fraction of sp³-hybridized carbons (Fsp3) is 0.857. The van der Waals surface area contributed by atoms with Crippen LogP contribution in [0.3, 0.4) is 0 Å². The van der Waals surface area contributed by atoms with Crippen molar-refractivity contribution in [3.8, 4) is 0 Å². The highest BCUT2D eigenvalue weighted by atomic mass is 32.2. The number of quaternary nitrogens is 2. The van der Waals surface area contributed by atoms with Crippen molar-refractivity contribution in [1.82, 2.24) is 4.90 Å². The summed E-state index contributed by atoms with van der Waals surface area (Å²) in [7, 11) is -7.24. The zero-order valence-electron chi connectivity index (χ0n) is 43.8. The zero-order chi connectivity index (χ0) is 53.1. The molecule has 408 valence electrons. The van der Waals surface area contributed by atoms with Gasteiger partial charge in [0, 0.05) is 47.8 Å². The minimum absolute atomic E-state index is 0.159. The first kappa shape index (κ1) is 62.5. The molecule has 0 amide bonds. The molecule has 11 atom stereocenters. The summed E-state index contributed by atoms with van der Waals surface area (Å²) in [6, 6.07) is 13.8. The summed E-state index contributed by atoms with van der Waals surface area (Å²) in [4.78, 5) is 17.0. The van der Waals surface area contributed by atoms with Crippen molar-refractivity contribution in [2.75, 3.05) is 32.8 Å². The van der Waals surface area contributed by atoms with Crippen LogP contribution < -0.4 is 9.80 Å². The van der Waals surface area contributed by atoms with Crippen LogP contribution in [0.25, 0.3) is 0 Å². The lowest BCUT2D eigenvalue weighted by Gasteiger charge is -2.28. The van der Waals surface area contributed by atoms with Crippen LogP contribution >= 0.6 is 0 Å². The number of esters is 1. The first-order valence-electron chi connectivity index (χ1n) is 25.5. The third-order valence-corrected chi connectivity index (χ3v) is 18.7. The molecule has 2 heterocycles. The Bertz CT molecular complexity index is 1950. The standard InChI is InChI=1S/C14H23N.C10H12F2O5S.C9H12F2O6S2.2C8H19N/c1-3-5-12-15(13-6-4-2)14-10-8-7-9-11-14;1-10(11,12)9(13)16-7-4-2-5-6(3-4)18(14,15)17-8(5)7;10-9(11,18(12)13)3-16-7-4-1-5-6(2-4)19(14,15)17-8(5)7;2*1-6-9(7(2)3)8(4)5/h7-11H,3-6,12-13H2,1-2H3;4-8H,2-3H2,1H3;4-8H,1-3H2,(H,12,13);2*7-8H,6H2,1-5H3/p+1. The maximum atomic E-state index is 12.9. The average Bonchev–Trinajstić information content (AvgIpc) is 4.09. The van der Waals surface area contributed by atoms with Crippen LogP contribution in [0.1, 0.15) is 141 Å². The van der Waals surface area contributed by atoms with Gasteiger partial charge in [-0.15, -0.1) is 0 Å². The van der Waals surface area contributed by atoms with Crippen molar-refractivity contribution < 1.29 is 75.6 Å². The molecule has 0 radical (unpaired) electrons. The van der Waals surface area contributed by atoms with E-state index in [0.717, 1.165) is 18.6 Å². The predicted molar refractivity (Wildman–Crippen MR) is 263 cm³/mol. The SMILES string of the molecule is CC(F)(F)C(=O)OC1C2CC3C1OS(=O)(=O)C3C2.CCCC[NH+](CCCC)c1ccccc1.CCN(C(C)C)C(C)C.CC[NH+](C(C)C)C(C)C.O=S([O-])C(F)(F)COC1C2CC3C1OS(=O)(=O)C3C2. The van der Waals surface area contributed by atoms with E-state index in [2.05, 4.69) is 118 Å². The number of halogens is 4. The van der Waals surface area contributed by atoms with Crippen LogP contribution in [-0.2, 0) is 54.0 Å². The molecule has 6 aliphatic rings. The Kier molecular flexibility index (Phi) is 24.2. The summed E-state index contributed by atoms with van der Waals surface area (Å²) in [6.07, 6.45) is 3.88. The first-order valence-corrected chi connectivity index (χ1v) is 29.5. The van der Waals surface area contributed by atoms with Crippen LogP contribution in [0, 0.1) is 23.7 Å². The van der Waals surface area contributed by atoms with Crippen LogP contribution in [-0.4, -0.2) is 140 Å². The van der Waals surface area contributed by atoms with E-state index < -0.39 is 90.0 Å². The molecule has 1 aromatic carbocycles. The predicted octanol–water partition coefficient (Wildman–Crippen LogP) is 6.31. The Morgan fingerprint density at radius 2 is 1.21 bits per heavy atom. The highest BCUT2D eigenvalue weighted by Crippen LogP contribution is 2.56. The second-order valence-electron chi connectivity index (χ2n) is 20.8. The number of nitrogens with zero attached hydrogens (tertiary/aromatic N) is 1. The summed E-state index contributed by atoms with van der Waals surface area (Å²) in [6.45, 7) is 31.2. The maximum Gasteiger partial charge on any atom is 0.377 e. The Hall–Kier alpha value is -1.82. The second-order valence-corrected chi connectivity index (χ2v) is 25.4. The number of ether oxygens (including phenoxy) is 2. The van der Waals surface area contributed by atoms with Crippen molar-refractivity contribution in [2.45, 2.75) is 212 Å². The molecule has 0 aromatic heterocycles. The number of carbonyl (C=O) groups excluding carboxylic acids is 1. The molecule has 11 unspecified atom stereocenters. The van der Waals surface area contributed by atoms with Gasteiger partial charge in [0.2, 0.25) is 0 Å². The number of nitrogens with one attached hydrogen (secondary N) is 2. The van der Waals surface area contributed by atoms with Crippen molar-refractivity contribution >= 4 is 43.0 Å². The number of unbranched alkanes of at least 4 members (excludes halogenated alkanes) is 2. The summed E-state index contributed by atoms with van der Waals surface area (Å²) < 4.78 is 138. The molecule has 0 spiro atoms. The van der Waals surface area contributed by atoms with Crippen molar-refractivity contribution in [2.24, 2.45) is 23.7 Å². The minimum Gasteiger partial charge on any atom is -0.768 e. The number of fused-ring (bicyclic) bond motifs is 2. The second kappa shape index (κ2) is 27.1. The molecular weight excluding hydrogens is 979 g/mol. The van der Waals surface area contributed by atoms with Gasteiger partial charge in [0.15, 0.2) is 0 Å². The smallest absolute Gasteiger partial charge is 0.377 e. The van der Waals surface area contributed by atoms with E-state index in [1.165, 1.54) is 51.0 Å². The molecule has 70 heavy (non-hydrogen) atoms. The van der Waals surface area contributed by atoms with E-state index in [9.17, 15) is 48.0 Å².